The molecule has 0 saturated carbocycles. The number of rotatable bonds is 65. The lowest BCUT2D eigenvalue weighted by Crippen LogP contribution is -2.45. The molecule has 0 fully saturated rings. The number of amides is 1. The van der Waals surface area contributed by atoms with Crippen LogP contribution in [-0.4, -0.2) is 47.4 Å². The third-order valence-corrected chi connectivity index (χ3v) is 16.2. The fourth-order valence-corrected chi connectivity index (χ4v) is 10.9. The normalized spacial score (nSPS) is 12.6. The Hall–Kier alpha value is -1.66. The maximum atomic E-state index is 12.5. The number of ether oxygens (including phenoxy) is 1. The van der Waals surface area contributed by atoms with Crippen molar-refractivity contribution in [3.05, 3.63) is 24.3 Å². The molecule has 0 aliphatic rings. The van der Waals surface area contributed by atoms with E-state index in [2.05, 4.69) is 31.3 Å². The number of aliphatic hydroxyl groups is 2. The molecule has 0 saturated heterocycles. The molecule has 0 aromatic heterocycles. The summed E-state index contributed by atoms with van der Waals surface area (Å²) in [5.41, 5.74) is 0. The lowest BCUT2D eigenvalue weighted by atomic mass is 10.0. The molecule has 3 N–H and O–H groups in total. The number of carbonyl (C=O) groups excluding carboxylic acids is 2. The zero-order valence-electron chi connectivity index (χ0n) is 51.5. The van der Waals surface area contributed by atoms with Crippen LogP contribution in [0.25, 0.3) is 0 Å². The summed E-state index contributed by atoms with van der Waals surface area (Å²) in [5, 5.41) is 23.1. The van der Waals surface area contributed by atoms with Crippen LogP contribution in [0.2, 0.25) is 0 Å². The van der Waals surface area contributed by atoms with E-state index in [4.69, 9.17) is 4.74 Å². The maximum absolute atomic E-state index is 12.5. The van der Waals surface area contributed by atoms with Crippen molar-refractivity contribution in [2.45, 2.75) is 398 Å². The lowest BCUT2D eigenvalue weighted by Gasteiger charge is -2.20. The molecule has 0 heterocycles. The minimum Gasteiger partial charge on any atom is -0.466 e. The second-order valence-corrected chi connectivity index (χ2v) is 23.9. The van der Waals surface area contributed by atoms with Crippen molar-refractivity contribution in [2.75, 3.05) is 13.2 Å². The fourth-order valence-electron chi connectivity index (χ4n) is 10.9. The van der Waals surface area contributed by atoms with E-state index >= 15 is 0 Å². The van der Waals surface area contributed by atoms with Gasteiger partial charge >= 0.3 is 5.97 Å². The summed E-state index contributed by atoms with van der Waals surface area (Å²) < 4.78 is 5.49. The monoisotopic (exact) mass is 1070 g/mol. The average Bonchev–Trinajstić information content (AvgIpc) is 3.42. The zero-order valence-corrected chi connectivity index (χ0v) is 51.5. The molecule has 2 unspecified atom stereocenters. The molecule has 0 rings (SSSR count). The molecule has 0 bridgehead atoms. The van der Waals surface area contributed by atoms with Crippen LogP contribution in [0.1, 0.15) is 386 Å². The van der Waals surface area contributed by atoms with Crippen molar-refractivity contribution in [1.29, 1.82) is 0 Å². The predicted octanol–water partition coefficient (Wildman–Crippen LogP) is 22.1. The highest BCUT2D eigenvalue weighted by molar-refractivity contribution is 5.76. The predicted molar refractivity (Wildman–Crippen MR) is 333 cm³/mol. The van der Waals surface area contributed by atoms with Crippen LogP contribution in [0.4, 0.5) is 0 Å². The Labute approximate surface area is 475 Å². The molecular formula is C70H135NO5. The summed E-state index contributed by atoms with van der Waals surface area (Å²) in [6, 6.07) is -0.625. The molecule has 0 spiro atoms. The smallest absolute Gasteiger partial charge is 0.305 e. The van der Waals surface area contributed by atoms with Gasteiger partial charge in [-0.1, -0.05) is 340 Å². The number of hydrogen-bond acceptors (Lipinski definition) is 5. The van der Waals surface area contributed by atoms with E-state index in [9.17, 15) is 19.8 Å². The van der Waals surface area contributed by atoms with Crippen LogP contribution < -0.4 is 5.32 Å². The van der Waals surface area contributed by atoms with Crippen molar-refractivity contribution in [3.8, 4) is 0 Å². The zero-order chi connectivity index (χ0) is 55.0. The number of esters is 1. The largest absolute Gasteiger partial charge is 0.466 e. The van der Waals surface area contributed by atoms with Gasteiger partial charge in [0.05, 0.1) is 25.4 Å². The van der Waals surface area contributed by atoms with E-state index in [1.165, 1.54) is 321 Å². The Bertz CT molecular complexity index is 1190. The number of carbonyl (C=O) groups is 2. The van der Waals surface area contributed by atoms with Crippen molar-refractivity contribution < 1.29 is 24.5 Å². The fraction of sp³-hybridized carbons (Fsp3) is 0.914. The van der Waals surface area contributed by atoms with Gasteiger partial charge in [0.2, 0.25) is 5.91 Å². The highest BCUT2D eigenvalue weighted by Gasteiger charge is 2.18. The van der Waals surface area contributed by atoms with Gasteiger partial charge in [0.15, 0.2) is 0 Å². The molecule has 6 nitrogen and oxygen atoms in total. The van der Waals surface area contributed by atoms with E-state index in [1.807, 2.05) is 6.08 Å². The molecule has 0 radical (unpaired) electrons. The first-order valence-electron chi connectivity index (χ1n) is 34.6. The topological polar surface area (TPSA) is 95.9 Å². The number of unbranched alkanes of at least 4 members (excludes halogenated alkanes) is 52. The standard InChI is InChI=1S/C70H135NO5/c1-3-5-7-9-11-13-15-17-39-42-46-50-54-58-62-68(73)67(66-72)71-69(74)63-59-55-51-47-43-40-36-34-32-30-28-26-24-22-20-18-19-21-23-25-27-29-31-33-35-37-41-45-49-53-57-61-65-76-70(75)64-60-56-52-48-44-38-16-14-12-10-8-6-4-2/h21,23,58,62,67-68,72-73H,3-20,22,24-57,59-61,63-66H2,1-2H3,(H,71,74)/b23-21-,62-58+. The van der Waals surface area contributed by atoms with Crippen molar-refractivity contribution in [2.24, 2.45) is 0 Å². The minimum absolute atomic E-state index is 0.0200. The second kappa shape index (κ2) is 65.9. The summed E-state index contributed by atoms with van der Waals surface area (Å²) in [5.74, 6) is -0.0434. The molecule has 0 aliphatic heterocycles. The molecular weight excluding hydrogens is 935 g/mol. The first-order valence-corrected chi connectivity index (χ1v) is 34.6. The Morgan fingerprint density at radius 1 is 0.355 bits per heavy atom. The second-order valence-electron chi connectivity index (χ2n) is 23.9. The molecule has 450 valence electrons. The summed E-state index contributed by atoms with van der Waals surface area (Å²) in [6.45, 7) is 4.93. The van der Waals surface area contributed by atoms with Crippen LogP contribution >= 0.6 is 0 Å². The molecule has 0 aliphatic carbocycles. The van der Waals surface area contributed by atoms with Gasteiger partial charge in [0.25, 0.3) is 0 Å². The third-order valence-electron chi connectivity index (χ3n) is 16.2. The first-order chi connectivity index (χ1) is 37.5. The summed E-state index contributed by atoms with van der Waals surface area (Å²) in [4.78, 5) is 24.5. The van der Waals surface area contributed by atoms with Crippen LogP contribution in [-0.2, 0) is 14.3 Å². The van der Waals surface area contributed by atoms with E-state index in [-0.39, 0.29) is 18.5 Å². The highest BCUT2D eigenvalue weighted by Crippen LogP contribution is 2.18. The van der Waals surface area contributed by atoms with Gasteiger partial charge in [0.1, 0.15) is 0 Å². The van der Waals surface area contributed by atoms with Gasteiger partial charge in [0, 0.05) is 12.8 Å². The number of allylic oxidation sites excluding steroid dienone is 3. The molecule has 76 heavy (non-hydrogen) atoms. The van der Waals surface area contributed by atoms with Crippen molar-refractivity contribution >= 4 is 11.9 Å². The number of hydrogen-bond donors (Lipinski definition) is 3. The SMILES string of the molecule is CCCCCCCCCCCCCC/C=C/C(O)C(CO)NC(=O)CCCCCCCCCCCCCCCCCC/C=C\CCCCCCCCCCCCCCOC(=O)CCCCCCCCCCCCCCC. The Morgan fingerprint density at radius 2 is 0.618 bits per heavy atom. The van der Waals surface area contributed by atoms with Gasteiger partial charge in [-0.25, -0.2) is 0 Å². The molecule has 0 aromatic rings. The Balaban J connectivity index is 3.35. The molecule has 1 amide bonds. The van der Waals surface area contributed by atoms with Gasteiger partial charge in [-0.15, -0.1) is 0 Å². The van der Waals surface area contributed by atoms with E-state index in [1.54, 1.807) is 6.08 Å². The number of aliphatic hydroxyl groups excluding tert-OH is 2. The molecule has 2 atom stereocenters. The van der Waals surface area contributed by atoms with Gasteiger partial charge in [-0.2, -0.15) is 0 Å². The quantitative estimate of drug-likeness (QED) is 0.0320. The summed E-state index contributed by atoms with van der Waals surface area (Å²) in [7, 11) is 0. The summed E-state index contributed by atoms with van der Waals surface area (Å²) >= 11 is 0. The third kappa shape index (κ3) is 61.6. The van der Waals surface area contributed by atoms with Crippen molar-refractivity contribution in [1.82, 2.24) is 5.32 Å². The van der Waals surface area contributed by atoms with Crippen LogP contribution in [0.15, 0.2) is 24.3 Å². The van der Waals surface area contributed by atoms with E-state index in [0.717, 1.165) is 38.5 Å². The lowest BCUT2D eigenvalue weighted by molar-refractivity contribution is -0.143. The van der Waals surface area contributed by atoms with Crippen LogP contribution in [0, 0.1) is 0 Å². The molecule has 0 aromatic carbocycles. The van der Waals surface area contributed by atoms with Gasteiger partial charge < -0.3 is 20.3 Å². The highest BCUT2D eigenvalue weighted by atomic mass is 16.5. The van der Waals surface area contributed by atoms with E-state index < -0.39 is 12.1 Å². The van der Waals surface area contributed by atoms with Crippen LogP contribution in [0.3, 0.4) is 0 Å². The van der Waals surface area contributed by atoms with Gasteiger partial charge in [-0.05, 0) is 57.8 Å². The van der Waals surface area contributed by atoms with Gasteiger partial charge in [-0.3, -0.25) is 9.59 Å². The minimum atomic E-state index is -0.842. The average molecular weight is 1070 g/mol. The molecule has 6 heteroatoms. The first kappa shape index (κ1) is 74.3. The summed E-state index contributed by atoms with van der Waals surface area (Å²) in [6.07, 6.45) is 82.6. The van der Waals surface area contributed by atoms with Crippen molar-refractivity contribution in [3.63, 3.8) is 0 Å². The van der Waals surface area contributed by atoms with E-state index in [0.29, 0.717) is 19.4 Å². The van der Waals surface area contributed by atoms with Crippen LogP contribution in [0.5, 0.6) is 0 Å². The Kier molecular flexibility index (Phi) is 64.4. The number of nitrogens with one attached hydrogen (secondary N) is 1. The maximum Gasteiger partial charge on any atom is 0.305 e. The Morgan fingerprint density at radius 3 is 0.934 bits per heavy atom.